The molecule has 0 spiro atoms. The van der Waals surface area contributed by atoms with Crippen LogP contribution in [0.5, 0.6) is 0 Å². The van der Waals surface area contributed by atoms with Crippen LogP contribution in [0.4, 0.5) is 4.79 Å². The monoisotopic (exact) mass is 238 g/mol. The van der Waals surface area contributed by atoms with Crippen LogP contribution in [0.2, 0.25) is 0 Å². The number of pyridine rings is 1. The van der Waals surface area contributed by atoms with Gasteiger partial charge in [0.25, 0.3) is 0 Å². The third kappa shape index (κ3) is 4.96. The molecule has 1 rings (SSSR count). The Bertz CT molecular complexity index is 380. The number of hydrogen-bond donors (Lipinski definition) is 2. The van der Waals surface area contributed by atoms with E-state index in [-0.39, 0.29) is 6.42 Å². The predicted octanol–water partition coefficient (Wildman–Crippen LogP) is 0.823. The molecule has 0 aliphatic carbocycles. The molecule has 6 heteroatoms. The molecule has 0 saturated heterocycles. The summed E-state index contributed by atoms with van der Waals surface area (Å²) in [4.78, 5) is 25.8. The average molecular weight is 238 g/mol. The van der Waals surface area contributed by atoms with Crippen molar-refractivity contribution in [2.24, 2.45) is 0 Å². The van der Waals surface area contributed by atoms with E-state index in [1.807, 2.05) is 0 Å². The van der Waals surface area contributed by atoms with Gasteiger partial charge >= 0.3 is 12.1 Å². The fourth-order valence-electron chi connectivity index (χ4n) is 1.38. The van der Waals surface area contributed by atoms with Crippen molar-refractivity contribution in [3.05, 3.63) is 30.1 Å². The van der Waals surface area contributed by atoms with Crippen LogP contribution < -0.4 is 5.32 Å². The Balaban J connectivity index is 2.63. The molecule has 0 aliphatic rings. The smallest absolute Gasteiger partial charge is 0.407 e. The molecule has 1 aromatic heterocycles. The lowest BCUT2D eigenvalue weighted by Crippen LogP contribution is -2.38. The van der Waals surface area contributed by atoms with Crippen LogP contribution >= 0.6 is 0 Å². The molecule has 1 unspecified atom stereocenters. The Morgan fingerprint density at radius 3 is 2.82 bits per heavy atom. The van der Waals surface area contributed by atoms with E-state index in [1.165, 1.54) is 7.11 Å². The van der Waals surface area contributed by atoms with Crippen LogP contribution in [-0.4, -0.2) is 35.3 Å². The number of nitrogens with one attached hydrogen (secondary N) is 1. The van der Waals surface area contributed by atoms with E-state index in [4.69, 9.17) is 5.11 Å². The van der Waals surface area contributed by atoms with E-state index in [9.17, 15) is 9.59 Å². The normalized spacial score (nSPS) is 11.6. The number of methoxy groups -OCH3 is 1. The van der Waals surface area contributed by atoms with Crippen molar-refractivity contribution >= 4 is 12.1 Å². The van der Waals surface area contributed by atoms with Gasteiger partial charge in [0, 0.05) is 24.4 Å². The van der Waals surface area contributed by atoms with Crippen LogP contribution in [0.15, 0.2) is 24.4 Å². The van der Waals surface area contributed by atoms with Gasteiger partial charge in [-0.25, -0.2) is 4.79 Å². The third-order valence-electron chi connectivity index (χ3n) is 2.11. The number of carbonyl (C=O) groups excluding carboxylic acids is 1. The van der Waals surface area contributed by atoms with Gasteiger partial charge in [-0.15, -0.1) is 0 Å². The number of carbonyl (C=O) groups is 2. The maximum atomic E-state index is 11.0. The Kier molecular flexibility index (Phi) is 4.93. The molecule has 2 N–H and O–H groups in total. The highest BCUT2D eigenvalue weighted by Crippen LogP contribution is 2.03. The molecule has 0 aliphatic heterocycles. The number of amides is 1. The summed E-state index contributed by atoms with van der Waals surface area (Å²) in [6.45, 7) is 0. The summed E-state index contributed by atoms with van der Waals surface area (Å²) in [5.74, 6) is -0.984. The second-order valence-electron chi connectivity index (χ2n) is 3.46. The fraction of sp³-hybridized carbons (Fsp3) is 0.364. The fourth-order valence-corrected chi connectivity index (χ4v) is 1.38. The van der Waals surface area contributed by atoms with E-state index in [0.29, 0.717) is 6.42 Å². The Morgan fingerprint density at radius 2 is 2.29 bits per heavy atom. The number of carboxylic acids is 1. The van der Waals surface area contributed by atoms with Gasteiger partial charge in [0.15, 0.2) is 0 Å². The molecule has 17 heavy (non-hydrogen) atoms. The number of carboxylic acid groups (broad SMARTS) is 1. The number of hydrogen-bond acceptors (Lipinski definition) is 4. The van der Waals surface area contributed by atoms with Gasteiger partial charge in [0.2, 0.25) is 0 Å². The SMILES string of the molecule is COC(=O)NC(CC(=O)O)Cc1ccccn1. The number of ether oxygens (including phenoxy) is 1. The summed E-state index contributed by atoms with van der Waals surface area (Å²) >= 11 is 0. The molecule has 92 valence electrons. The van der Waals surface area contributed by atoms with Crippen LogP contribution in [0, 0.1) is 0 Å². The van der Waals surface area contributed by atoms with E-state index >= 15 is 0 Å². The minimum Gasteiger partial charge on any atom is -0.481 e. The molecule has 1 atom stereocenters. The van der Waals surface area contributed by atoms with Gasteiger partial charge in [-0.05, 0) is 12.1 Å². The van der Waals surface area contributed by atoms with Crippen molar-refractivity contribution in [3.8, 4) is 0 Å². The molecular formula is C11H14N2O4. The first kappa shape index (κ1) is 13.0. The highest BCUT2D eigenvalue weighted by atomic mass is 16.5. The molecule has 1 heterocycles. The first-order chi connectivity index (χ1) is 8.11. The van der Waals surface area contributed by atoms with Crippen molar-refractivity contribution in [2.75, 3.05) is 7.11 Å². The lowest BCUT2D eigenvalue weighted by molar-refractivity contribution is -0.137. The van der Waals surface area contributed by atoms with Crippen molar-refractivity contribution < 1.29 is 19.4 Å². The molecule has 1 amide bonds. The Hall–Kier alpha value is -2.11. The maximum Gasteiger partial charge on any atom is 0.407 e. The van der Waals surface area contributed by atoms with E-state index in [0.717, 1.165) is 5.69 Å². The highest BCUT2D eigenvalue weighted by Gasteiger charge is 2.17. The van der Waals surface area contributed by atoms with Gasteiger partial charge < -0.3 is 15.2 Å². The van der Waals surface area contributed by atoms with Gasteiger partial charge in [-0.1, -0.05) is 6.07 Å². The first-order valence-corrected chi connectivity index (χ1v) is 5.08. The number of aromatic nitrogens is 1. The number of aliphatic carboxylic acids is 1. The lowest BCUT2D eigenvalue weighted by atomic mass is 10.1. The van der Waals surface area contributed by atoms with Gasteiger partial charge in [0.05, 0.1) is 13.5 Å². The zero-order valence-corrected chi connectivity index (χ0v) is 9.42. The summed E-state index contributed by atoms with van der Waals surface area (Å²) in [5.41, 5.74) is 0.718. The summed E-state index contributed by atoms with van der Waals surface area (Å²) < 4.78 is 4.44. The predicted molar refractivity (Wildman–Crippen MR) is 59.5 cm³/mol. The van der Waals surface area contributed by atoms with Crippen LogP contribution in [-0.2, 0) is 16.0 Å². The summed E-state index contributed by atoms with van der Waals surface area (Å²) in [6, 6.07) is 4.81. The van der Waals surface area contributed by atoms with E-state index < -0.39 is 18.1 Å². The third-order valence-corrected chi connectivity index (χ3v) is 2.11. The van der Waals surface area contributed by atoms with Crippen LogP contribution in [0.25, 0.3) is 0 Å². The van der Waals surface area contributed by atoms with Crippen molar-refractivity contribution in [1.29, 1.82) is 0 Å². The Morgan fingerprint density at radius 1 is 1.53 bits per heavy atom. The minimum absolute atomic E-state index is 0.175. The molecule has 1 aromatic rings. The topological polar surface area (TPSA) is 88.5 Å². The molecule has 6 nitrogen and oxygen atoms in total. The number of alkyl carbamates (subject to hydrolysis) is 1. The molecule has 0 fully saturated rings. The van der Waals surface area contributed by atoms with Crippen LogP contribution in [0.3, 0.4) is 0 Å². The van der Waals surface area contributed by atoms with Crippen molar-refractivity contribution in [1.82, 2.24) is 10.3 Å². The maximum absolute atomic E-state index is 11.0. The molecule has 0 bridgehead atoms. The van der Waals surface area contributed by atoms with E-state index in [1.54, 1.807) is 24.4 Å². The van der Waals surface area contributed by atoms with Crippen molar-refractivity contribution in [3.63, 3.8) is 0 Å². The van der Waals surface area contributed by atoms with Gasteiger partial charge in [0.1, 0.15) is 0 Å². The number of nitrogens with zero attached hydrogens (tertiary/aromatic N) is 1. The second kappa shape index (κ2) is 6.47. The molecule has 0 saturated carbocycles. The average Bonchev–Trinajstić information content (AvgIpc) is 2.29. The quantitative estimate of drug-likeness (QED) is 0.792. The molecule has 0 radical (unpaired) electrons. The zero-order valence-electron chi connectivity index (χ0n) is 9.42. The largest absolute Gasteiger partial charge is 0.481 e. The standard InChI is InChI=1S/C11H14N2O4/c1-17-11(16)13-9(7-10(14)15)6-8-4-2-3-5-12-8/h2-5,9H,6-7H2,1H3,(H,13,16)(H,14,15). The van der Waals surface area contributed by atoms with Crippen LogP contribution in [0.1, 0.15) is 12.1 Å². The van der Waals surface area contributed by atoms with Gasteiger partial charge in [-0.2, -0.15) is 0 Å². The first-order valence-electron chi connectivity index (χ1n) is 5.08. The minimum atomic E-state index is -0.984. The van der Waals surface area contributed by atoms with Crippen molar-refractivity contribution in [2.45, 2.75) is 18.9 Å². The lowest BCUT2D eigenvalue weighted by Gasteiger charge is -2.15. The number of rotatable bonds is 5. The summed E-state index contributed by atoms with van der Waals surface area (Å²) in [5, 5.41) is 11.2. The highest BCUT2D eigenvalue weighted by molar-refractivity contribution is 5.71. The van der Waals surface area contributed by atoms with Gasteiger partial charge in [-0.3, -0.25) is 9.78 Å². The molecule has 0 aromatic carbocycles. The zero-order chi connectivity index (χ0) is 12.7. The summed E-state index contributed by atoms with van der Waals surface area (Å²) in [6.07, 6.45) is 1.14. The Labute approximate surface area is 98.6 Å². The second-order valence-corrected chi connectivity index (χ2v) is 3.46. The molecular weight excluding hydrogens is 224 g/mol. The summed E-state index contributed by atoms with van der Waals surface area (Å²) in [7, 11) is 1.23. The van der Waals surface area contributed by atoms with E-state index in [2.05, 4.69) is 15.0 Å².